The van der Waals surface area contributed by atoms with Gasteiger partial charge in [0.1, 0.15) is 23.9 Å². The zero-order chi connectivity index (χ0) is 18.4. The van der Waals surface area contributed by atoms with Crippen molar-refractivity contribution in [2.45, 2.75) is 0 Å². The molecule has 0 unspecified atom stereocenters. The van der Waals surface area contributed by atoms with Crippen molar-refractivity contribution in [2.75, 3.05) is 51.3 Å². The third-order valence-corrected chi connectivity index (χ3v) is 4.37. The van der Waals surface area contributed by atoms with E-state index in [1.54, 1.807) is 13.2 Å². The van der Waals surface area contributed by atoms with Gasteiger partial charge < -0.3 is 19.5 Å². The highest BCUT2D eigenvalue weighted by molar-refractivity contribution is 5.85. The molecule has 1 aromatic carbocycles. The Balaban J connectivity index is 1.45. The van der Waals surface area contributed by atoms with E-state index in [-0.39, 0.29) is 5.69 Å². The van der Waals surface area contributed by atoms with Gasteiger partial charge in [0, 0.05) is 38.8 Å². The Bertz CT molecular complexity index is 745. The third kappa shape index (κ3) is 4.64. The van der Waals surface area contributed by atoms with E-state index in [1.807, 2.05) is 30.3 Å². The molecule has 2 heterocycles. The van der Waals surface area contributed by atoms with Gasteiger partial charge in [-0.15, -0.1) is 0 Å². The lowest BCUT2D eigenvalue weighted by atomic mass is 10.3. The van der Waals surface area contributed by atoms with Crippen LogP contribution in [-0.2, 0) is 0 Å². The molecular weight excluding hydrogens is 334 g/mol. The number of nitrogens with zero attached hydrogens (tertiary/aromatic N) is 3. The Morgan fingerprint density at radius 3 is 2.58 bits per heavy atom. The van der Waals surface area contributed by atoms with Crippen molar-refractivity contribution in [3.8, 4) is 11.5 Å². The minimum absolute atomic E-state index is 0.0802. The molecule has 1 N–H and O–H groups in total. The average Bonchev–Trinajstić information content (AvgIpc) is 2.69. The summed E-state index contributed by atoms with van der Waals surface area (Å²) < 4.78 is 11.0. The Morgan fingerprint density at radius 1 is 1.12 bits per heavy atom. The molecule has 3 rings (SSSR count). The monoisotopic (exact) mass is 357 g/mol. The number of carbonyl (C=O) groups is 1. The normalized spacial score (nSPS) is 14.9. The van der Waals surface area contributed by atoms with Crippen molar-refractivity contribution in [1.29, 1.82) is 0 Å². The first-order valence-corrected chi connectivity index (χ1v) is 8.60. The number of hydrogen-bond donors (Lipinski definition) is 1. The van der Waals surface area contributed by atoms with Crippen molar-refractivity contribution >= 4 is 11.8 Å². The summed E-state index contributed by atoms with van der Waals surface area (Å²) >= 11 is 0. The fourth-order valence-corrected chi connectivity index (χ4v) is 2.90. The van der Waals surface area contributed by atoms with Gasteiger partial charge in [-0.2, -0.15) is 0 Å². The van der Waals surface area contributed by atoms with Crippen molar-refractivity contribution < 1.29 is 19.4 Å². The van der Waals surface area contributed by atoms with Crippen LogP contribution >= 0.6 is 0 Å². The zero-order valence-electron chi connectivity index (χ0n) is 14.8. The van der Waals surface area contributed by atoms with Crippen molar-refractivity contribution in [1.82, 2.24) is 9.88 Å². The van der Waals surface area contributed by atoms with E-state index in [1.165, 1.54) is 6.07 Å². The highest BCUT2D eigenvalue weighted by Gasteiger charge is 2.18. The molecule has 7 nitrogen and oxygen atoms in total. The molecule has 0 saturated carbocycles. The lowest BCUT2D eigenvalue weighted by molar-refractivity contribution is 0.0690. The van der Waals surface area contributed by atoms with Gasteiger partial charge in [0.05, 0.1) is 7.11 Å². The maximum Gasteiger partial charge on any atom is 0.354 e. The molecule has 1 saturated heterocycles. The number of rotatable bonds is 7. The first-order valence-electron chi connectivity index (χ1n) is 8.60. The number of carboxylic acid groups (broad SMARTS) is 1. The van der Waals surface area contributed by atoms with Gasteiger partial charge in [-0.05, 0) is 24.3 Å². The molecule has 1 aliphatic heterocycles. The summed E-state index contributed by atoms with van der Waals surface area (Å²) in [5, 5.41) is 9.06. The fraction of sp³-hybridized carbons (Fsp3) is 0.368. The summed E-state index contributed by atoms with van der Waals surface area (Å²) in [6.07, 6.45) is 0. The van der Waals surface area contributed by atoms with Crippen LogP contribution in [0, 0.1) is 0 Å². The molecule has 0 radical (unpaired) electrons. The second-order valence-corrected chi connectivity index (χ2v) is 6.04. The maximum absolute atomic E-state index is 11.1. The van der Waals surface area contributed by atoms with Crippen LogP contribution in [0.3, 0.4) is 0 Å². The minimum Gasteiger partial charge on any atom is -0.497 e. The molecule has 2 aromatic rings. The number of benzene rings is 1. The minimum atomic E-state index is -1.000. The summed E-state index contributed by atoms with van der Waals surface area (Å²) in [6, 6.07) is 12.7. The lowest BCUT2D eigenvalue weighted by Gasteiger charge is -2.35. The number of aromatic carboxylic acids is 1. The average molecular weight is 357 g/mol. The molecular formula is C19H23N3O4. The van der Waals surface area contributed by atoms with E-state index in [2.05, 4.69) is 14.8 Å². The van der Waals surface area contributed by atoms with Crippen LogP contribution in [0.5, 0.6) is 11.5 Å². The van der Waals surface area contributed by atoms with E-state index in [9.17, 15) is 4.79 Å². The maximum atomic E-state index is 11.1. The first-order chi connectivity index (χ1) is 12.7. The predicted octanol–water partition coefficient (Wildman–Crippen LogP) is 1.99. The number of methoxy groups -OCH3 is 1. The van der Waals surface area contributed by atoms with Crippen LogP contribution in [0.1, 0.15) is 10.5 Å². The standard InChI is InChI=1S/C19H23N3O4/c1-25-15-4-2-5-16(14-15)26-13-12-21-8-10-22(11-9-21)18-7-3-6-17(20-18)19(23)24/h2-7,14H,8-13H2,1H3,(H,23,24). The van der Waals surface area contributed by atoms with Gasteiger partial charge in [-0.25, -0.2) is 9.78 Å². The Morgan fingerprint density at radius 2 is 1.85 bits per heavy atom. The molecule has 0 amide bonds. The molecule has 1 aromatic heterocycles. The van der Waals surface area contributed by atoms with Gasteiger partial charge in [-0.3, -0.25) is 4.90 Å². The third-order valence-electron chi connectivity index (χ3n) is 4.37. The smallest absolute Gasteiger partial charge is 0.354 e. The van der Waals surface area contributed by atoms with E-state index >= 15 is 0 Å². The first kappa shape index (κ1) is 18.0. The number of hydrogen-bond acceptors (Lipinski definition) is 6. The second-order valence-electron chi connectivity index (χ2n) is 6.04. The largest absolute Gasteiger partial charge is 0.497 e. The van der Waals surface area contributed by atoms with Crippen LogP contribution in [0.2, 0.25) is 0 Å². The molecule has 1 fully saturated rings. The van der Waals surface area contributed by atoms with Crippen LogP contribution in [0.4, 0.5) is 5.82 Å². The predicted molar refractivity (Wildman–Crippen MR) is 98.3 cm³/mol. The number of piperazine rings is 1. The Kier molecular flexibility index (Phi) is 5.91. The van der Waals surface area contributed by atoms with Gasteiger partial charge in [0.25, 0.3) is 0 Å². The fourth-order valence-electron chi connectivity index (χ4n) is 2.90. The van der Waals surface area contributed by atoms with Crippen molar-refractivity contribution in [2.24, 2.45) is 0 Å². The molecule has 0 bridgehead atoms. The number of aromatic nitrogens is 1. The van der Waals surface area contributed by atoms with Gasteiger partial charge in [-0.1, -0.05) is 12.1 Å². The molecule has 0 aliphatic carbocycles. The highest BCUT2D eigenvalue weighted by Crippen LogP contribution is 2.19. The van der Waals surface area contributed by atoms with Crippen LogP contribution in [0.25, 0.3) is 0 Å². The number of pyridine rings is 1. The van der Waals surface area contributed by atoms with Crippen molar-refractivity contribution in [3.05, 3.63) is 48.2 Å². The second kappa shape index (κ2) is 8.53. The molecule has 138 valence electrons. The number of carboxylic acids is 1. The van der Waals surface area contributed by atoms with Crippen LogP contribution in [-0.4, -0.2) is 67.4 Å². The molecule has 0 atom stereocenters. The van der Waals surface area contributed by atoms with E-state index < -0.39 is 5.97 Å². The number of ether oxygens (including phenoxy) is 2. The van der Waals surface area contributed by atoms with Crippen LogP contribution in [0.15, 0.2) is 42.5 Å². The van der Waals surface area contributed by atoms with Gasteiger partial charge >= 0.3 is 5.97 Å². The molecule has 0 spiro atoms. The topological polar surface area (TPSA) is 75.1 Å². The van der Waals surface area contributed by atoms with E-state index in [0.29, 0.717) is 6.61 Å². The summed E-state index contributed by atoms with van der Waals surface area (Å²) in [7, 11) is 1.64. The van der Waals surface area contributed by atoms with E-state index in [0.717, 1.165) is 50.0 Å². The SMILES string of the molecule is COc1cccc(OCCN2CCN(c3cccc(C(=O)O)n3)CC2)c1. The molecule has 1 aliphatic rings. The van der Waals surface area contributed by atoms with Gasteiger partial charge in [0.15, 0.2) is 5.69 Å². The quantitative estimate of drug-likeness (QED) is 0.812. The lowest BCUT2D eigenvalue weighted by Crippen LogP contribution is -2.47. The Labute approximate surface area is 152 Å². The highest BCUT2D eigenvalue weighted by atomic mass is 16.5. The van der Waals surface area contributed by atoms with Crippen molar-refractivity contribution in [3.63, 3.8) is 0 Å². The zero-order valence-corrected chi connectivity index (χ0v) is 14.8. The molecule has 26 heavy (non-hydrogen) atoms. The summed E-state index contributed by atoms with van der Waals surface area (Å²) in [5.74, 6) is 1.31. The summed E-state index contributed by atoms with van der Waals surface area (Å²) in [4.78, 5) is 19.7. The summed E-state index contributed by atoms with van der Waals surface area (Å²) in [6.45, 7) is 4.86. The van der Waals surface area contributed by atoms with Gasteiger partial charge in [0.2, 0.25) is 0 Å². The molecule has 7 heteroatoms. The number of anilines is 1. The summed E-state index contributed by atoms with van der Waals surface area (Å²) in [5.41, 5.74) is 0.0802. The Hall–Kier alpha value is -2.80. The van der Waals surface area contributed by atoms with E-state index in [4.69, 9.17) is 14.6 Å². The van der Waals surface area contributed by atoms with Crippen LogP contribution < -0.4 is 14.4 Å².